The number of hydrogen-bond acceptors (Lipinski definition) is 7. The van der Waals surface area contributed by atoms with Crippen LogP contribution >= 0.6 is 0 Å². The molecule has 0 atom stereocenters. The van der Waals surface area contributed by atoms with Crippen LogP contribution in [0.1, 0.15) is 10.6 Å². The van der Waals surface area contributed by atoms with Crippen molar-refractivity contribution in [3.8, 4) is 11.5 Å². The predicted octanol–water partition coefficient (Wildman–Crippen LogP) is 2.36. The van der Waals surface area contributed by atoms with Gasteiger partial charge in [0.25, 0.3) is 5.91 Å². The number of fused-ring (bicyclic) bond motifs is 2. The summed E-state index contributed by atoms with van der Waals surface area (Å²) in [6.45, 7) is 0.363. The monoisotopic (exact) mass is 381 g/mol. The van der Waals surface area contributed by atoms with Gasteiger partial charge in [0.05, 0.1) is 5.39 Å². The van der Waals surface area contributed by atoms with Gasteiger partial charge in [-0.2, -0.15) is 0 Å². The van der Waals surface area contributed by atoms with E-state index in [2.05, 4.69) is 5.32 Å². The third-order valence-electron chi connectivity index (χ3n) is 4.00. The molecule has 0 saturated carbocycles. The summed E-state index contributed by atoms with van der Waals surface area (Å²) in [5.74, 6) is -0.592. The van der Waals surface area contributed by atoms with Crippen molar-refractivity contribution < 1.29 is 28.2 Å². The van der Waals surface area contributed by atoms with Gasteiger partial charge in [-0.3, -0.25) is 9.59 Å². The zero-order chi connectivity index (χ0) is 19.5. The summed E-state index contributed by atoms with van der Waals surface area (Å²) in [4.78, 5) is 36.2. The van der Waals surface area contributed by atoms with E-state index in [1.54, 1.807) is 42.5 Å². The molecule has 1 aliphatic rings. The molecule has 1 aromatic heterocycles. The standard InChI is InChI=1S/C20H15NO7/c22-14-10-18(28-15-4-2-1-3-13(14)15)20(24)27-11-19(23)21-12-5-6-16-17(9-12)26-8-7-25-16/h1-6,9-10H,7-8,11H2,(H,21,23). The van der Waals surface area contributed by atoms with Crippen molar-refractivity contribution in [1.29, 1.82) is 0 Å². The molecule has 8 heteroatoms. The van der Waals surface area contributed by atoms with E-state index in [0.717, 1.165) is 6.07 Å². The highest BCUT2D eigenvalue weighted by Crippen LogP contribution is 2.32. The molecule has 28 heavy (non-hydrogen) atoms. The fourth-order valence-corrected chi connectivity index (χ4v) is 2.72. The van der Waals surface area contributed by atoms with Gasteiger partial charge < -0.3 is 23.9 Å². The Morgan fingerprint density at radius 3 is 2.64 bits per heavy atom. The number of carbonyl (C=O) groups is 2. The molecular weight excluding hydrogens is 366 g/mol. The van der Waals surface area contributed by atoms with Crippen LogP contribution in [0, 0.1) is 0 Å². The number of amides is 1. The number of para-hydroxylation sites is 1. The zero-order valence-electron chi connectivity index (χ0n) is 14.6. The lowest BCUT2D eigenvalue weighted by Crippen LogP contribution is -2.22. The maximum Gasteiger partial charge on any atom is 0.374 e. The van der Waals surface area contributed by atoms with E-state index in [0.29, 0.717) is 35.8 Å². The molecule has 0 spiro atoms. The minimum Gasteiger partial charge on any atom is -0.486 e. The van der Waals surface area contributed by atoms with Crippen LogP contribution in [0.25, 0.3) is 11.0 Å². The molecule has 2 aromatic carbocycles. The molecule has 0 fully saturated rings. The third-order valence-corrected chi connectivity index (χ3v) is 4.00. The summed E-state index contributed by atoms with van der Waals surface area (Å²) < 4.78 is 21.2. The van der Waals surface area contributed by atoms with Gasteiger partial charge in [-0.25, -0.2) is 4.79 Å². The fourth-order valence-electron chi connectivity index (χ4n) is 2.72. The molecule has 1 amide bonds. The van der Waals surface area contributed by atoms with Gasteiger partial charge >= 0.3 is 5.97 Å². The van der Waals surface area contributed by atoms with Crippen molar-refractivity contribution in [2.75, 3.05) is 25.1 Å². The normalized spacial score (nSPS) is 12.4. The van der Waals surface area contributed by atoms with Gasteiger partial charge in [0.1, 0.15) is 18.8 Å². The number of hydrogen-bond donors (Lipinski definition) is 1. The lowest BCUT2D eigenvalue weighted by atomic mass is 10.2. The van der Waals surface area contributed by atoms with E-state index < -0.39 is 18.5 Å². The Kier molecular flexibility index (Phi) is 4.67. The number of ether oxygens (including phenoxy) is 3. The molecule has 0 saturated heterocycles. The maximum absolute atomic E-state index is 12.1. The van der Waals surface area contributed by atoms with Crippen molar-refractivity contribution in [3.05, 3.63) is 64.5 Å². The molecular formula is C20H15NO7. The first-order chi connectivity index (χ1) is 13.6. The highest BCUT2D eigenvalue weighted by Gasteiger charge is 2.16. The summed E-state index contributed by atoms with van der Waals surface area (Å²) in [6.07, 6.45) is 0. The van der Waals surface area contributed by atoms with Gasteiger partial charge in [0, 0.05) is 17.8 Å². The van der Waals surface area contributed by atoms with Gasteiger partial charge in [-0.15, -0.1) is 0 Å². The molecule has 1 aliphatic heterocycles. The molecule has 3 aromatic rings. The summed E-state index contributed by atoms with van der Waals surface area (Å²) >= 11 is 0. The average Bonchev–Trinajstić information content (AvgIpc) is 2.72. The van der Waals surface area contributed by atoms with Crippen molar-refractivity contribution in [3.63, 3.8) is 0 Å². The lowest BCUT2D eigenvalue weighted by Gasteiger charge is -2.18. The zero-order valence-corrected chi connectivity index (χ0v) is 14.6. The SMILES string of the molecule is O=C(COC(=O)c1cc(=O)c2ccccc2o1)Nc1ccc2c(c1)OCCO2. The highest BCUT2D eigenvalue weighted by atomic mass is 16.6. The molecule has 2 heterocycles. The smallest absolute Gasteiger partial charge is 0.374 e. The summed E-state index contributed by atoms with van der Waals surface area (Å²) in [5, 5.41) is 2.95. The van der Waals surface area contributed by atoms with Crippen LogP contribution in [0.2, 0.25) is 0 Å². The Morgan fingerprint density at radius 2 is 1.79 bits per heavy atom. The number of anilines is 1. The van der Waals surface area contributed by atoms with Crippen LogP contribution in [-0.2, 0) is 9.53 Å². The molecule has 0 radical (unpaired) electrons. The lowest BCUT2D eigenvalue weighted by molar-refractivity contribution is -0.119. The molecule has 1 N–H and O–H groups in total. The Morgan fingerprint density at radius 1 is 1.00 bits per heavy atom. The number of nitrogens with one attached hydrogen (secondary N) is 1. The molecule has 0 unspecified atom stereocenters. The maximum atomic E-state index is 12.1. The molecule has 4 rings (SSSR count). The highest BCUT2D eigenvalue weighted by molar-refractivity contribution is 5.95. The first-order valence-corrected chi connectivity index (χ1v) is 8.50. The average molecular weight is 381 g/mol. The Bertz CT molecular complexity index is 1120. The fraction of sp³-hybridized carbons (Fsp3) is 0.150. The van der Waals surface area contributed by atoms with E-state index in [-0.39, 0.29) is 16.8 Å². The topological polar surface area (TPSA) is 104 Å². The van der Waals surface area contributed by atoms with E-state index in [1.165, 1.54) is 0 Å². The van der Waals surface area contributed by atoms with Crippen LogP contribution in [0.5, 0.6) is 11.5 Å². The second-order valence-corrected chi connectivity index (χ2v) is 5.95. The van der Waals surface area contributed by atoms with E-state index in [1.807, 2.05) is 0 Å². The van der Waals surface area contributed by atoms with Crippen molar-refractivity contribution in [2.24, 2.45) is 0 Å². The van der Waals surface area contributed by atoms with Crippen molar-refractivity contribution in [1.82, 2.24) is 0 Å². The third kappa shape index (κ3) is 3.66. The summed E-state index contributed by atoms with van der Waals surface area (Å²) in [6, 6.07) is 12.5. The van der Waals surface area contributed by atoms with Gasteiger partial charge in [-0.05, 0) is 24.3 Å². The van der Waals surface area contributed by atoms with Crippen molar-refractivity contribution in [2.45, 2.75) is 0 Å². The first-order valence-electron chi connectivity index (χ1n) is 8.50. The Labute approximate surface area is 158 Å². The van der Waals surface area contributed by atoms with Crippen LogP contribution in [0.3, 0.4) is 0 Å². The second kappa shape index (κ2) is 7.43. The van der Waals surface area contributed by atoms with Gasteiger partial charge in [0.2, 0.25) is 5.76 Å². The minimum atomic E-state index is -0.903. The summed E-state index contributed by atoms with van der Waals surface area (Å²) in [5.41, 5.74) is 0.375. The van der Waals surface area contributed by atoms with E-state index in [9.17, 15) is 14.4 Å². The number of benzene rings is 2. The van der Waals surface area contributed by atoms with Crippen LogP contribution < -0.4 is 20.2 Å². The van der Waals surface area contributed by atoms with Gasteiger partial charge in [-0.1, -0.05) is 12.1 Å². The molecule has 0 aliphatic carbocycles. The Balaban J connectivity index is 1.39. The van der Waals surface area contributed by atoms with Crippen LogP contribution in [0.15, 0.2) is 57.7 Å². The molecule has 8 nitrogen and oxygen atoms in total. The van der Waals surface area contributed by atoms with E-state index in [4.69, 9.17) is 18.6 Å². The molecule has 0 bridgehead atoms. The number of rotatable bonds is 4. The van der Waals surface area contributed by atoms with Gasteiger partial charge in [0.15, 0.2) is 23.5 Å². The van der Waals surface area contributed by atoms with Crippen LogP contribution in [0.4, 0.5) is 5.69 Å². The number of esters is 1. The first kappa shape index (κ1) is 17.6. The Hall–Kier alpha value is -3.81. The molecule has 142 valence electrons. The second-order valence-electron chi connectivity index (χ2n) is 5.95. The van der Waals surface area contributed by atoms with Crippen molar-refractivity contribution >= 4 is 28.5 Å². The van der Waals surface area contributed by atoms with E-state index >= 15 is 0 Å². The number of carbonyl (C=O) groups excluding carboxylic acids is 2. The minimum absolute atomic E-state index is 0.266. The quantitative estimate of drug-likeness (QED) is 0.692. The summed E-state index contributed by atoms with van der Waals surface area (Å²) in [7, 11) is 0. The van der Waals surface area contributed by atoms with Crippen LogP contribution in [-0.4, -0.2) is 31.7 Å². The predicted molar refractivity (Wildman–Crippen MR) is 98.8 cm³/mol. The largest absolute Gasteiger partial charge is 0.486 e.